The molecule has 1 saturated carbocycles. The molecule has 4 rings (SSSR count). The predicted molar refractivity (Wildman–Crippen MR) is 86.1 cm³/mol. The number of aromatic nitrogens is 1. The average molecular weight is 313 g/mol. The molecule has 5 heteroatoms. The van der Waals surface area contributed by atoms with Crippen LogP contribution >= 0.6 is 0 Å². The van der Waals surface area contributed by atoms with Crippen LogP contribution in [0.4, 0.5) is 0 Å². The van der Waals surface area contributed by atoms with E-state index in [0.717, 1.165) is 36.1 Å². The van der Waals surface area contributed by atoms with Crippen LogP contribution in [0, 0.1) is 11.8 Å². The summed E-state index contributed by atoms with van der Waals surface area (Å²) in [5.74, 6) is 2.00. The number of carbonyl (C=O) groups excluding carboxylic acids is 1. The van der Waals surface area contributed by atoms with E-state index in [1.807, 2.05) is 12.1 Å². The second kappa shape index (κ2) is 5.49. The highest BCUT2D eigenvalue weighted by molar-refractivity contribution is 5.96. The Bertz CT molecular complexity index is 826. The van der Waals surface area contributed by atoms with Gasteiger partial charge in [-0.05, 0) is 36.8 Å². The lowest BCUT2D eigenvalue weighted by molar-refractivity contribution is -0.00295. The van der Waals surface area contributed by atoms with Gasteiger partial charge in [0, 0.05) is 29.7 Å². The molecule has 23 heavy (non-hydrogen) atoms. The van der Waals surface area contributed by atoms with Gasteiger partial charge in [-0.25, -0.2) is 0 Å². The number of nitrogens with zero attached hydrogens (tertiary/aromatic N) is 1. The van der Waals surface area contributed by atoms with E-state index >= 15 is 0 Å². The largest absolute Gasteiger partial charge is 0.497 e. The van der Waals surface area contributed by atoms with Crippen molar-refractivity contribution >= 4 is 17.2 Å². The Hall–Kier alpha value is -2.14. The molecule has 0 bridgehead atoms. The molecule has 0 N–H and O–H groups in total. The van der Waals surface area contributed by atoms with Crippen molar-refractivity contribution in [1.82, 2.24) is 4.57 Å². The normalized spacial score (nSPS) is 25.9. The minimum absolute atomic E-state index is 0.0860. The van der Waals surface area contributed by atoms with Crippen molar-refractivity contribution in [2.75, 3.05) is 13.7 Å². The number of fused-ring (bicyclic) bond motifs is 2. The van der Waals surface area contributed by atoms with Gasteiger partial charge in [0.2, 0.25) is 0 Å². The fourth-order valence-electron chi connectivity index (χ4n) is 3.72. The zero-order valence-corrected chi connectivity index (χ0v) is 13.0. The number of ether oxygens (including phenoxy) is 2. The summed E-state index contributed by atoms with van der Waals surface area (Å²) >= 11 is 0. The second-order valence-corrected chi connectivity index (χ2v) is 6.41. The molecule has 2 fully saturated rings. The van der Waals surface area contributed by atoms with Crippen LogP contribution in [0.3, 0.4) is 0 Å². The molecule has 1 aromatic carbocycles. The van der Waals surface area contributed by atoms with E-state index in [9.17, 15) is 9.59 Å². The van der Waals surface area contributed by atoms with Crippen molar-refractivity contribution < 1.29 is 14.3 Å². The zero-order chi connectivity index (χ0) is 16.0. The maximum absolute atomic E-state index is 12.5. The Labute approximate surface area is 133 Å². The summed E-state index contributed by atoms with van der Waals surface area (Å²) < 4.78 is 12.9. The van der Waals surface area contributed by atoms with Crippen LogP contribution in [0.25, 0.3) is 10.9 Å². The van der Waals surface area contributed by atoms with Crippen LogP contribution in [0.15, 0.2) is 29.1 Å². The van der Waals surface area contributed by atoms with Crippen molar-refractivity contribution in [1.29, 1.82) is 0 Å². The highest BCUT2D eigenvalue weighted by atomic mass is 16.5. The highest BCUT2D eigenvalue weighted by Gasteiger charge is 2.46. The van der Waals surface area contributed by atoms with Gasteiger partial charge < -0.3 is 14.0 Å². The van der Waals surface area contributed by atoms with E-state index in [1.54, 1.807) is 17.7 Å². The second-order valence-electron chi connectivity index (χ2n) is 6.41. The Balaban J connectivity index is 1.82. The Morgan fingerprint density at radius 1 is 1.39 bits per heavy atom. The van der Waals surface area contributed by atoms with E-state index < -0.39 is 0 Å². The van der Waals surface area contributed by atoms with Crippen LogP contribution in [0.5, 0.6) is 5.75 Å². The third-order valence-electron chi connectivity index (χ3n) is 5.12. The molecule has 0 radical (unpaired) electrons. The first kappa shape index (κ1) is 14.5. The number of pyridine rings is 1. The molecule has 3 atom stereocenters. The predicted octanol–water partition coefficient (Wildman–Crippen LogP) is 2.25. The SMILES string of the molecule is COc1ccc2c(C=O)cc(=O)n(CC3OCCC4C[C@@H]43)c2c1. The summed E-state index contributed by atoms with van der Waals surface area (Å²) in [6.07, 6.45) is 3.15. The Kier molecular flexibility index (Phi) is 3.45. The van der Waals surface area contributed by atoms with Gasteiger partial charge >= 0.3 is 0 Å². The van der Waals surface area contributed by atoms with Crippen LogP contribution in [0.2, 0.25) is 0 Å². The first-order chi connectivity index (χ1) is 11.2. The molecule has 5 nitrogen and oxygen atoms in total. The first-order valence-electron chi connectivity index (χ1n) is 7.99. The number of hydrogen-bond donors (Lipinski definition) is 0. The van der Waals surface area contributed by atoms with Crippen molar-refractivity contribution in [3.8, 4) is 5.75 Å². The number of hydrogen-bond acceptors (Lipinski definition) is 4. The fourth-order valence-corrected chi connectivity index (χ4v) is 3.72. The molecule has 2 aliphatic rings. The van der Waals surface area contributed by atoms with Gasteiger partial charge in [0.1, 0.15) is 5.75 Å². The topological polar surface area (TPSA) is 57.5 Å². The molecule has 0 spiro atoms. The highest BCUT2D eigenvalue weighted by Crippen LogP contribution is 2.48. The summed E-state index contributed by atoms with van der Waals surface area (Å²) in [5.41, 5.74) is 0.974. The van der Waals surface area contributed by atoms with Crippen molar-refractivity contribution in [3.63, 3.8) is 0 Å². The summed E-state index contributed by atoms with van der Waals surface area (Å²) in [5, 5.41) is 0.767. The van der Waals surface area contributed by atoms with Crippen molar-refractivity contribution in [3.05, 3.63) is 40.2 Å². The average Bonchev–Trinajstić information content (AvgIpc) is 3.37. The lowest BCUT2D eigenvalue weighted by atomic mass is 10.1. The molecule has 1 aliphatic heterocycles. The number of benzene rings is 1. The van der Waals surface area contributed by atoms with E-state index in [4.69, 9.17) is 9.47 Å². The van der Waals surface area contributed by atoms with Crippen LogP contribution < -0.4 is 10.3 Å². The summed E-state index contributed by atoms with van der Waals surface area (Å²) in [6, 6.07) is 6.86. The smallest absolute Gasteiger partial charge is 0.251 e. The molecule has 2 unspecified atom stereocenters. The minimum Gasteiger partial charge on any atom is -0.497 e. The molecule has 1 aromatic heterocycles. The van der Waals surface area contributed by atoms with E-state index in [0.29, 0.717) is 23.8 Å². The monoisotopic (exact) mass is 313 g/mol. The van der Waals surface area contributed by atoms with E-state index in [2.05, 4.69) is 0 Å². The van der Waals surface area contributed by atoms with Crippen LogP contribution in [-0.2, 0) is 11.3 Å². The van der Waals surface area contributed by atoms with Gasteiger partial charge in [0.05, 0.1) is 25.3 Å². The molecule has 1 aliphatic carbocycles. The van der Waals surface area contributed by atoms with Crippen molar-refractivity contribution in [2.45, 2.75) is 25.5 Å². The summed E-state index contributed by atoms with van der Waals surface area (Å²) in [4.78, 5) is 23.8. The third-order valence-corrected chi connectivity index (χ3v) is 5.12. The third kappa shape index (κ3) is 2.45. The lowest BCUT2D eigenvalue weighted by Crippen LogP contribution is -2.32. The molecule has 2 aromatic rings. The molecule has 2 heterocycles. The maximum Gasteiger partial charge on any atom is 0.251 e. The zero-order valence-electron chi connectivity index (χ0n) is 13.0. The van der Waals surface area contributed by atoms with E-state index in [1.165, 1.54) is 12.5 Å². The maximum atomic E-state index is 12.5. The van der Waals surface area contributed by atoms with Gasteiger partial charge in [-0.1, -0.05) is 0 Å². The number of rotatable bonds is 4. The molecule has 0 amide bonds. The minimum atomic E-state index is -0.167. The molecule has 120 valence electrons. The Morgan fingerprint density at radius 3 is 3.04 bits per heavy atom. The first-order valence-corrected chi connectivity index (χ1v) is 7.99. The van der Waals surface area contributed by atoms with Crippen molar-refractivity contribution in [2.24, 2.45) is 11.8 Å². The van der Waals surface area contributed by atoms with Gasteiger partial charge in [0.25, 0.3) is 5.56 Å². The number of aldehydes is 1. The molecule has 1 saturated heterocycles. The summed E-state index contributed by atoms with van der Waals surface area (Å²) in [6.45, 7) is 1.30. The number of carbonyl (C=O) groups is 1. The van der Waals surface area contributed by atoms with E-state index in [-0.39, 0.29) is 11.7 Å². The standard InChI is InChI=1S/C18H19NO4/c1-22-13-2-3-14-12(10-20)7-18(21)19(16(14)8-13)9-17-15-6-11(15)4-5-23-17/h2-3,7-8,10-11,15,17H,4-6,9H2,1H3/t11?,15-,17?/m0/s1. The Morgan fingerprint density at radius 2 is 2.26 bits per heavy atom. The number of methoxy groups -OCH3 is 1. The lowest BCUT2D eigenvalue weighted by Gasteiger charge is -2.24. The molecular weight excluding hydrogens is 294 g/mol. The van der Waals surface area contributed by atoms with Crippen LogP contribution in [0.1, 0.15) is 23.2 Å². The van der Waals surface area contributed by atoms with Gasteiger partial charge in [-0.3, -0.25) is 9.59 Å². The van der Waals surface area contributed by atoms with Gasteiger partial charge in [-0.2, -0.15) is 0 Å². The molecular formula is C18H19NO4. The quantitative estimate of drug-likeness (QED) is 0.812. The van der Waals surface area contributed by atoms with Crippen LogP contribution in [-0.4, -0.2) is 30.7 Å². The van der Waals surface area contributed by atoms with Gasteiger partial charge in [-0.15, -0.1) is 0 Å². The van der Waals surface area contributed by atoms with Gasteiger partial charge in [0.15, 0.2) is 6.29 Å². The summed E-state index contributed by atoms with van der Waals surface area (Å²) in [7, 11) is 1.59. The fraction of sp³-hybridized carbons (Fsp3) is 0.444.